The summed E-state index contributed by atoms with van der Waals surface area (Å²) in [5, 5.41) is 0.734. The van der Waals surface area contributed by atoms with Gasteiger partial charge in [-0.05, 0) is 41.8 Å². The molecular weight excluding hydrogens is 211 g/mol. The Kier molecular flexibility index (Phi) is 3.02. The molecule has 15 heavy (non-hydrogen) atoms. The third-order valence-corrected chi connectivity index (χ3v) is 2.49. The molecule has 0 aliphatic carbocycles. The van der Waals surface area contributed by atoms with E-state index >= 15 is 0 Å². The van der Waals surface area contributed by atoms with E-state index in [9.17, 15) is 4.39 Å². The van der Waals surface area contributed by atoms with Crippen LogP contribution in [0.3, 0.4) is 0 Å². The van der Waals surface area contributed by atoms with Gasteiger partial charge in [0, 0.05) is 5.02 Å². The van der Waals surface area contributed by atoms with E-state index in [2.05, 4.69) is 0 Å². The molecule has 76 valence electrons. The lowest BCUT2D eigenvalue weighted by Crippen LogP contribution is -1.87. The maximum absolute atomic E-state index is 12.7. The van der Waals surface area contributed by atoms with Crippen LogP contribution in [0.15, 0.2) is 48.5 Å². The molecule has 0 N–H and O–H groups in total. The van der Waals surface area contributed by atoms with Gasteiger partial charge in [-0.2, -0.15) is 0 Å². The van der Waals surface area contributed by atoms with E-state index in [1.54, 1.807) is 12.1 Å². The van der Waals surface area contributed by atoms with Crippen molar-refractivity contribution in [3.05, 3.63) is 70.5 Å². The minimum Gasteiger partial charge on any atom is -0.207 e. The topological polar surface area (TPSA) is 0 Å². The van der Waals surface area contributed by atoms with Gasteiger partial charge in [-0.3, -0.25) is 0 Å². The Morgan fingerprint density at radius 2 is 1.27 bits per heavy atom. The van der Waals surface area contributed by atoms with Crippen molar-refractivity contribution in [3.8, 4) is 0 Å². The van der Waals surface area contributed by atoms with Crippen LogP contribution in [0.2, 0.25) is 5.02 Å². The third-order valence-electron chi connectivity index (χ3n) is 2.23. The van der Waals surface area contributed by atoms with Gasteiger partial charge in [0.2, 0.25) is 0 Å². The minimum absolute atomic E-state index is 0.199. The Hall–Kier alpha value is -1.34. The number of hydrogen-bond donors (Lipinski definition) is 0. The van der Waals surface area contributed by atoms with Crippen LogP contribution >= 0.6 is 11.6 Å². The maximum atomic E-state index is 12.7. The van der Waals surface area contributed by atoms with Crippen LogP contribution in [-0.4, -0.2) is 0 Å². The fourth-order valence-electron chi connectivity index (χ4n) is 1.44. The highest BCUT2D eigenvalue weighted by Gasteiger charge is 1.96. The first-order valence-corrected chi connectivity index (χ1v) is 5.11. The summed E-state index contributed by atoms with van der Waals surface area (Å²) in [6.07, 6.45) is 0.803. The largest absolute Gasteiger partial charge is 0.207 e. The van der Waals surface area contributed by atoms with Crippen molar-refractivity contribution in [2.24, 2.45) is 0 Å². The van der Waals surface area contributed by atoms with Crippen LogP contribution < -0.4 is 0 Å². The Morgan fingerprint density at radius 3 is 1.80 bits per heavy atom. The molecule has 0 heterocycles. The van der Waals surface area contributed by atoms with Crippen molar-refractivity contribution in [2.75, 3.05) is 0 Å². The SMILES string of the molecule is Fc1ccc(Cc2ccc(Cl)cc2)cc1. The maximum Gasteiger partial charge on any atom is 0.123 e. The van der Waals surface area contributed by atoms with Crippen molar-refractivity contribution in [2.45, 2.75) is 6.42 Å². The number of hydrogen-bond acceptors (Lipinski definition) is 0. The summed E-state index contributed by atoms with van der Waals surface area (Å²) in [4.78, 5) is 0. The highest BCUT2D eigenvalue weighted by molar-refractivity contribution is 6.30. The van der Waals surface area contributed by atoms with E-state index in [4.69, 9.17) is 11.6 Å². The Balaban J connectivity index is 2.15. The first-order chi connectivity index (χ1) is 7.24. The molecule has 0 aromatic heterocycles. The monoisotopic (exact) mass is 220 g/mol. The van der Waals surface area contributed by atoms with Crippen molar-refractivity contribution in [1.82, 2.24) is 0 Å². The zero-order valence-corrected chi connectivity index (χ0v) is 8.84. The molecule has 2 aromatic rings. The molecule has 2 aromatic carbocycles. The fraction of sp³-hybridized carbons (Fsp3) is 0.0769. The lowest BCUT2D eigenvalue weighted by molar-refractivity contribution is 0.627. The second kappa shape index (κ2) is 4.45. The van der Waals surface area contributed by atoms with E-state index in [-0.39, 0.29) is 5.82 Å². The van der Waals surface area contributed by atoms with Gasteiger partial charge in [0.05, 0.1) is 0 Å². The molecule has 2 rings (SSSR count). The summed E-state index contributed by atoms with van der Waals surface area (Å²) in [5.41, 5.74) is 2.27. The number of halogens is 2. The van der Waals surface area contributed by atoms with Gasteiger partial charge < -0.3 is 0 Å². The molecule has 0 fully saturated rings. The second-order valence-corrected chi connectivity index (χ2v) is 3.87. The Labute approximate surface area is 93.3 Å². The average Bonchev–Trinajstić information content (AvgIpc) is 2.25. The van der Waals surface area contributed by atoms with E-state index < -0.39 is 0 Å². The van der Waals surface area contributed by atoms with E-state index in [0.717, 1.165) is 17.0 Å². The quantitative estimate of drug-likeness (QED) is 0.716. The van der Waals surface area contributed by atoms with Crippen LogP contribution in [-0.2, 0) is 6.42 Å². The van der Waals surface area contributed by atoms with E-state index in [1.165, 1.54) is 17.7 Å². The molecular formula is C13H10ClF. The van der Waals surface area contributed by atoms with E-state index in [1.807, 2.05) is 24.3 Å². The van der Waals surface area contributed by atoms with Crippen molar-refractivity contribution >= 4 is 11.6 Å². The van der Waals surface area contributed by atoms with Crippen molar-refractivity contribution < 1.29 is 4.39 Å². The van der Waals surface area contributed by atoms with Crippen molar-refractivity contribution in [3.63, 3.8) is 0 Å². The lowest BCUT2D eigenvalue weighted by atomic mass is 10.1. The standard InChI is InChI=1S/C13H10ClF/c14-12-5-1-10(2-6-12)9-11-3-7-13(15)8-4-11/h1-8H,9H2. The number of benzene rings is 2. The summed E-state index contributed by atoms with van der Waals surface area (Å²) >= 11 is 5.79. The van der Waals surface area contributed by atoms with Crippen LogP contribution in [0.4, 0.5) is 4.39 Å². The predicted molar refractivity (Wildman–Crippen MR) is 60.7 cm³/mol. The third kappa shape index (κ3) is 2.80. The van der Waals surface area contributed by atoms with Gasteiger partial charge >= 0.3 is 0 Å². The zero-order valence-electron chi connectivity index (χ0n) is 8.08. The molecule has 0 aliphatic rings. The summed E-state index contributed by atoms with van der Waals surface area (Å²) in [6.45, 7) is 0. The summed E-state index contributed by atoms with van der Waals surface area (Å²) in [5.74, 6) is -0.199. The zero-order chi connectivity index (χ0) is 10.7. The second-order valence-electron chi connectivity index (χ2n) is 3.43. The average molecular weight is 221 g/mol. The van der Waals surface area contributed by atoms with Gasteiger partial charge in [-0.15, -0.1) is 0 Å². The van der Waals surface area contributed by atoms with Crippen molar-refractivity contribution in [1.29, 1.82) is 0 Å². The molecule has 0 amide bonds. The highest BCUT2D eigenvalue weighted by atomic mass is 35.5. The molecule has 0 unspecified atom stereocenters. The predicted octanol–water partition coefficient (Wildman–Crippen LogP) is 4.07. The van der Waals surface area contributed by atoms with Crippen LogP contribution in [0.5, 0.6) is 0 Å². The van der Waals surface area contributed by atoms with E-state index in [0.29, 0.717) is 0 Å². The van der Waals surface area contributed by atoms with Crippen LogP contribution in [0, 0.1) is 5.82 Å². The van der Waals surface area contributed by atoms with Gasteiger partial charge in [-0.25, -0.2) is 4.39 Å². The normalized spacial score (nSPS) is 10.3. The van der Waals surface area contributed by atoms with Gasteiger partial charge in [0.25, 0.3) is 0 Å². The molecule has 0 nitrogen and oxygen atoms in total. The summed E-state index contributed by atoms with van der Waals surface area (Å²) in [7, 11) is 0. The molecule has 0 aliphatic heterocycles. The van der Waals surface area contributed by atoms with Crippen LogP contribution in [0.25, 0.3) is 0 Å². The first-order valence-electron chi connectivity index (χ1n) is 4.73. The van der Waals surface area contributed by atoms with Gasteiger partial charge in [0.15, 0.2) is 0 Å². The number of rotatable bonds is 2. The van der Waals surface area contributed by atoms with Gasteiger partial charge in [-0.1, -0.05) is 35.9 Å². The summed E-state index contributed by atoms with van der Waals surface area (Å²) < 4.78 is 12.7. The minimum atomic E-state index is -0.199. The molecule has 0 saturated carbocycles. The molecule has 2 heteroatoms. The molecule has 0 saturated heterocycles. The molecule has 0 bridgehead atoms. The lowest BCUT2D eigenvalue weighted by Gasteiger charge is -2.01. The molecule has 0 atom stereocenters. The first kappa shape index (κ1) is 10.2. The molecule has 0 radical (unpaired) electrons. The van der Waals surface area contributed by atoms with Gasteiger partial charge in [0.1, 0.15) is 5.82 Å². The molecule has 0 spiro atoms. The highest BCUT2D eigenvalue weighted by Crippen LogP contribution is 2.13. The Morgan fingerprint density at radius 1 is 0.800 bits per heavy atom. The Bertz CT molecular complexity index is 388. The fourth-order valence-corrected chi connectivity index (χ4v) is 1.57. The summed E-state index contributed by atoms with van der Waals surface area (Å²) in [6, 6.07) is 14.2. The smallest absolute Gasteiger partial charge is 0.123 e. The van der Waals surface area contributed by atoms with Crippen LogP contribution in [0.1, 0.15) is 11.1 Å².